The number of nitrogens with zero attached hydrogens (tertiary/aromatic N) is 3. The predicted molar refractivity (Wildman–Crippen MR) is 207 cm³/mol. The Kier molecular flexibility index (Phi) is 4.88. The topological polar surface area (TPSA) is 33.7 Å². The number of rotatable bonds is 1. The molecule has 5 heterocycles. The Morgan fingerprint density at radius 2 is 1.20 bits per heavy atom. The van der Waals surface area contributed by atoms with Gasteiger partial charge in [-0.1, -0.05) is 115 Å². The molecule has 12 rings (SSSR count). The lowest BCUT2D eigenvalue weighted by atomic mass is 9.96. The number of hydrogen-bond donors (Lipinski definition) is 1. The molecule has 1 N–H and O–H groups in total. The molecule has 0 aliphatic carbocycles. The average molecular weight is 643 g/mol. The van der Waals surface area contributed by atoms with Crippen LogP contribution in [0.4, 0.5) is 5.69 Å². The molecule has 0 saturated carbocycles. The minimum Gasteiger partial charge on any atom is -0.344 e. The van der Waals surface area contributed by atoms with Gasteiger partial charge < -0.3 is 9.72 Å². The fourth-order valence-electron chi connectivity index (χ4n) is 8.75. The molecule has 4 nitrogen and oxygen atoms in total. The number of para-hydroxylation sites is 3. The first kappa shape index (κ1) is 25.9. The third kappa shape index (κ3) is 3.25. The maximum Gasteiger partial charge on any atom is 0.209 e. The van der Waals surface area contributed by atoms with Gasteiger partial charge in [-0.2, -0.15) is 0 Å². The fourth-order valence-corrected chi connectivity index (χ4v) is 9.89. The highest BCUT2D eigenvalue weighted by molar-refractivity contribution is 7.26. The molecule has 0 bridgehead atoms. The van der Waals surface area contributed by atoms with E-state index in [2.05, 4.69) is 160 Å². The Bertz CT molecular complexity index is 3200. The van der Waals surface area contributed by atoms with E-state index in [0.717, 1.165) is 22.7 Å². The van der Waals surface area contributed by atoms with Gasteiger partial charge in [0.2, 0.25) is 5.96 Å². The van der Waals surface area contributed by atoms with Gasteiger partial charge in [0.05, 0.1) is 39.3 Å². The lowest BCUT2D eigenvalue weighted by Crippen LogP contribution is -2.36. The van der Waals surface area contributed by atoms with Crippen molar-refractivity contribution in [3.05, 3.63) is 157 Å². The summed E-state index contributed by atoms with van der Waals surface area (Å²) in [5.74, 6) is 0.840. The summed E-state index contributed by atoms with van der Waals surface area (Å²) in [4.78, 5) is 5.38. The highest BCUT2D eigenvalue weighted by atomic mass is 32.1. The number of aliphatic imine (C=N–C) groups is 1. The molecular formula is C44H26N4S. The molecular weight excluding hydrogens is 617 g/mol. The molecule has 1 aliphatic heterocycles. The number of fused-ring (bicyclic) bond motifs is 10. The normalized spacial score (nSPS) is 15.0. The minimum absolute atomic E-state index is 0.0326. The molecule has 0 spiro atoms. The van der Waals surface area contributed by atoms with E-state index in [1.54, 1.807) is 0 Å². The molecule has 0 saturated heterocycles. The van der Waals surface area contributed by atoms with E-state index in [-0.39, 0.29) is 6.04 Å². The van der Waals surface area contributed by atoms with Crippen LogP contribution in [-0.2, 0) is 0 Å². The van der Waals surface area contributed by atoms with Gasteiger partial charge in [0.1, 0.15) is 0 Å². The fraction of sp³-hybridized carbons (Fsp3) is 0.0227. The second-order valence-electron chi connectivity index (χ2n) is 13.2. The highest BCUT2D eigenvalue weighted by Gasteiger charge is 2.29. The summed E-state index contributed by atoms with van der Waals surface area (Å²) in [5, 5.41) is 14.2. The van der Waals surface area contributed by atoms with Crippen LogP contribution in [0.5, 0.6) is 0 Å². The Labute approximate surface area is 284 Å². The highest BCUT2D eigenvalue weighted by Crippen LogP contribution is 2.49. The van der Waals surface area contributed by atoms with E-state index in [4.69, 9.17) is 4.99 Å². The monoisotopic (exact) mass is 642 g/mol. The molecule has 5 heteroatoms. The van der Waals surface area contributed by atoms with Crippen LogP contribution >= 0.6 is 11.3 Å². The lowest BCUT2D eigenvalue weighted by molar-refractivity contribution is 0.731. The van der Waals surface area contributed by atoms with Crippen molar-refractivity contribution >= 4 is 103 Å². The Balaban J connectivity index is 1.34. The lowest BCUT2D eigenvalue weighted by Gasteiger charge is -2.28. The van der Waals surface area contributed by atoms with E-state index in [9.17, 15) is 0 Å². The van der Waals surface area contributed by atoms with E-state index in [1.807, 2.05) is 11.3 Å². The maximum absolute atomic E-state index is 5.38. The van der Waals surface area contributed by atoms with Crippen molar-refractivity contribution in [2.24, 2.45) is 4.99 Å². The zero-order chi connectivity index (χ0) is 31.8. The van der Waals surface area contributed by atoms with Crippen molar-refractivity contribution in [3.63, 3.8) is 0 Å². The summed E-state index contributed by atoms with van der Waals surface area (Å²) in [6.07, 6.45) is 0. The maximum atomic E-state index is 5.38. The Morgan fingerprint density at radius 1 is 0.510 bits per heavy atom. The number of thiophene rings is 1. The number of hydrogen-bond acceptors (Lipinski definition) is 3. The van der Waals surface area contributed by atoms with E-state index >= 15 is 0 Å². The molecule has 1 aliphatic rings. The number of nitrogens with one attached hydrogen (secondary N) is 1. The SMILES string of the molecule is c1ccc(C2NC(n3c4cccc5c6cccc7c8ccccc8n(c67)c6c7c(cc3c6c54)sc3ccccc37)=Nc3ccccc32)cc1. The molecule has 1 unspecified atom stereocenters. The molecule has 11 aromatic rings. The average Bonchev–Trinajstić information content (AvgIpc) is 3.78. The second kappa shape index (κ2) is 9.25. The van der Waals surface area contributed by atoms with Crippen molar-refractivity contribution < 1.29 is 0 Å². The van der Waals surface area contributed by atoms with Gasteiger partial charge in [-0.25, -0.2) is 4.99 Å². The van der Waals surface area contributed by atoms with E-state index in [0.29, 0.717) is 0 Å². The molecule has 7 aromatic carbocycles. The Morgan fingerprint density at radius 3 is 2.12 bits per heavy atom. The number of benzene rings is 7. The summed E-state index contributed by atoms with van der Waals surface area (Å²) < 4.78 is 7.54. The standard InChI is InChI=1S/C44H26N4S/c1-2-12-25(13-3-1)41-30-15-4-7-20-32(30)45-44(46-41)47-34-22-11-17-27-29-19-10-18-28-26-14-5-8-21-33(26)48(42(28)29)43-39-31-16-6-9-23-36(31)49-37(39)24-35(47)40(43)38(27)34/h1-24,41H,(H,45,46). The summed E-state index contributed by atoms with van der Waals surface area (Å²) in [6, 6.07) is 53.1. The van der Waals surface area contributed by atoms with Gasteiger partial charge in [0, 0.05) is 52.7 Å². The van der Waals surface area contributed by atoms with E-state index in [1.165, 1.54) is 80.2 Å². The largest absolute Gasteiger partial charge is 0.344 e. The van der Waals surface area contributed by atoms with Gasteiger partial charge in [-0.05, 0) is 41.3 Å². The first-order valence-corrected chi connectivity index (χ1v) is 17.6. The van der Waals surface area contributed by atoms with Gasteiger partial charge in [0.15, 0.2) is 0 Å². The summed E-state index contributed by atoms with van der Waals surface area (Å²) in [5.41, 5.74) is 9.47. The zero-order valence-corrected chi connectivity index (χ0v) is 27.0. The van der Waals surface area contributed by atoms with Gasteiger partial charge in [0.25, 0.3) is 0 Å². The Hall–Kier alpha value is -6.17. The molecule has 1 atom stereocenters. The van der Waals surface area contributed by atoms with Crippen molar-refractivity contribution in [1.29, 1.82) is 0 Å². The van der Waals surface area contributed by atoms with Crippen LogP contribution in [0, 0.1) is 0 Å². The summed E-state index contributed by atoms with van der Waals surface area (Å²) in [7, 11) is 0. The van der Waals surface area contributed by atoms with Crippen LogP contribution in [-0.4, -0.2) is 14.9 Å². The molecule has 4 aromatic heterocycles. The smallest absolute Gasteiger partial charge is 0.209 e. The van der Waals surface area contributed by atoms with Crippen LogP contribution in [0.15, 0.2) is 151 Å². The number of aromatic nitrogens is 2. The van der Waals surface area contributed by atoms with Crippen LogP contribution < -0.4 is 5.32 Å². The third-order valence-electron chi connectivity index (χ3n) is 10.7. The molecule has 0 amide bonds. The summed E-state index contributed by atoms with van der Waals surface area (Å²) >= 11 is 1.88. The first-order valence-electron chi connectivity index (χ1n) is 16.8. The summed E-state index contributed by atoms with van der Waals surface area (Å²) in [6.45, 7) is 0. The van der Waals surface area contributed by atoms with E-state index < -0.39 is 0 Å². The van der Waals surface area contributed by atoms with Gasteiger partial charge in [-0.3, -0.25) is 4.57 Å². The molecule has 0 fully saturated rings. The van der Waals surface area contributed by atoms with Crippen molar-refractivity contribution in [2.45, 2.75) is 6.04 Å². The zero-order valence-electron chi connectivity index (χ0n) is 26.2. The van der Waals surface area contributed by atoms with Crippen LogP contribution in [0.25, 0.3) is 80.1 Å². The van der Waals surface area contributed by atoms with Crippen LogP contribution in [0.3, 0.4) is 0 Å². The minimum atomic E-state index is -0.0326. The quantitative estimate of drug-likeness (QED) is 0.190. The predicted octanol–water partition coefficient (Wildman–Crippen LogP) is 11.5. The van der Waals surface area contributed by atoms with Crippen LogP contribution in [0.1, 0.15) is 17.2 Å². The van der Waals surface area contributed by atoms with Gasteiger partial charge in [-0.15, -0.1) is 11.3 Å². The van der Waals surface area contributed by atoms with Crippen molar-refractivity contribution in [2.75, 3.05) is 0 Å². The molecule has 49 heavy (non-hydrogen) atoms. The van der Waals surface area contributed by atoms with Gasteiger partial charge >= 0.3 is 0 Å². The van der Waals surface area contributed by atoms with Crippen molar-refractivity contribution in [3.8, 4) is 0 Å². The molecule has 0 radical (unpaired) electrons. The third-order valence-corrected chi connectivity index (χ3v) is 11.8. The molecule has 228 valence electrons. The van der Waals surface area contributed by atoms with Crippen LogP contribution in [0.2, 0.25) is 0 Å². The first-order chi connectivity index (χ1) is 24.3. The van der Waals surface area contributed by atoms with Crippen molar-refractivity contribution in [1.82, 2.24) is 14.3 Å². The second-order valence-corrected chi connectivity index (χ2v) is 14.2.